The molecule has 0 aromatic carbocycles. The van der Waals surface area contributed by atoms with Crippen molar-refractivity contribution in [3.63, 3.8) is 0 Å². The number of nitrogens with one attached hydrogen (secondary N) is 1. The molecule has 86 valence electrons. The Labute approximate surface area is 98.1 Å². The molecule has 5 nitrogen and oxygen atoms in total. The molecule has 5 heteroatoms. The molecule has 1 N–H and O–H groups in total. The molecule has 3 rings (SSSR count). The maximum atomic E-state index is 5.01. The van der Waals surface area contributed by atoms with E-state index in [1.807, 2.05) is 23.7 Å². The van der Waals surface area contributed by atoms with Crippen LogP contribution in [0.5, 0.6) is 0 Å². The third kappa shape index (κ3) is 1.75. The van der Waals surface area contributed by atoms with Gasteiger partial charge in [0.15, 0.2) is 5.82 Å². The molecule has 0 unspecified atom stereocenters. The fourth-order valence-corrected chi connectivity index (χ4v) is 1.77. The summed E-state index contributed by atoms with van der Waals surface area (Å²) in [5.41, 5.74) is 3.04. The highest BCUT2D eigenvalue weighted by molar-refractivity contribution is 5.85. The van der Waals surface area contributed by atoms with Crippen LogP contribution in [0.4, 0.5) is 5.82 Å². The van der Waals surface area contributed by atoms with Crippen LogP contribution >= 0.6 is 0 Å². The fourth-order valence-electron chi connectivity index (χ4n) is 1.77. The molecule has 0 atom stereocenters. The van der Waals surface area contributed by atoms with Crippen molar-refractivity contribution in [2.45, 2.75) is 6.54 Å². The molecule has 0 amide bonds. The number of furan rings is 1. The molecule has 0 saturated heterocycles. The van der Waals surface area contributed by atoms with Crippen molar-refractivity contribution in [3.8, 4) is 0 Å². The summed E-state index contributed by atoms with van der Waals surface area (Å²) < 4.78 is 6.99. The smallest absolute Gasteiger partial charge is 0.154 e. The summed E-state index contributed by atoms with van der Waals surface area (Å²) in [5.74, 6) is 0.796. The molecule has 0 spiro atoms. The van der Waals surface area contributed by atoms with Gasteiger partial charge >= 0.3 is 0 Å². The van der Waals surface area contributed by atoms with E-state index in [1.165, 1.54) is 0 Å². The number of fused-ring (bicyclic) bond motifs is 1. The normalized spacial score (nSPS) is 10.9. The molecule has 0 radical (unpaired) electrons. The number of hydrogen-bond acceptors (Lipinski definition) is 4. The van der Waals surface area contributed by atoms with Crippen LogP contribution in [0.25, 0.3) is 11.0 Å². The summed E-state index contributed by atoms with van der Waals surface area (Å²) in [7, 11) is 1.97. The van der Waals surface area contributed by atoms with Crippen LogP contribution < -0.4 is 5.32 Å². The van der Waals surface area contributed by atoms with E-state index in [4.69, 9.17) is 4.42 Å². The van der Waals surface area contributed by atoms with E-state index in [0.717, 1.165) is 22.4 Å². The average Bonchev–Trinajstić information content (AvgIpc) is 2.97. The lowest BCUT2D eigenvalue weighted by Crippen LogP contribution is -2.01. The number of aromatic nitrogens is 3. The third-order valence-corrected chi connectivity index (χ3v) is 2.68. The Morgan fingerprint density at radius 3 is 3.12 bits per heavy atom. The maximum Gasteiger partial charge on any atom is 0.154 e. The Kier molecular flexibility index (Phi) is 2.29. The lowest BCUT2D eigenvalue weighted by molar-refractivity contribution is 0.564. The summed E-state index contributed by atoms with van der Waals surface area (Å²) in [6.45, 7) is 0.680. The average molecular weight is 228 g/mol. The molecule has 3 aromatic rings. The van der Waals surface area contributed by atoms with E-state index in [0.29, 0.717) is 6.54 Å². The van der Waals surface area contributed by atoms with Gasteiger partial charge < -0.3 is 14.3 Å². The molecule has 17 heavy (non-hydrogen) atoms. The number of imidazole rings is 1. The van der Waals surface area contributed by atoms with E-state index >= 15 is 0 Å². The van der Waals surface area contributed by atoms with E-state index in [1.54, 1.807) is 25.1 Å². The van der Waals surface area contributed by atoms with Crippen LogP contribution in [-0.4, -0.2) is 14.5 Å². The predicted molar refractivity (Wildman–Crippen MR) is 64.5 cm³/mol. The second-order valence-corrected chi connectivity index (χ2v) is 3.87. The van der Waals surface area contributed by atoms with Crippen molar-refractivity contribution < 1.29 is 4.42 Å². The van der Waals surface area contributed by atoms with Gasteiger partial charge in [0.2, 0.25) is 0 Å². The first-order valence-corrected chi connectivity index (χ1v) is 5.35. The second-order valence-electron chi connectivity index (χ2n) is 3.87. The van der Waals surface area contributed by atoms with Crippen LogP contribution in [0.15, 0.2) is 41.6 Å². The number of rotatable bonds is 3. The van der Waals surface area contributed by atoms with Crippen molar-refractivity contribution in [2.75, 3.05) is 5.32 Å². The third-order valence-electron chi connectivity index (χ3n) is 2.68. The topological polar surface area (TPSA) is 55.9 Å². The largest absolute Gasteiger partial charge is 0.472 e. The van der Waals surface area contributed by atoms with Gasteiger partial charge in [0.05, 0.1) is 24.4 Å². The molecule has 3 aromatic heterocycles. The van der Waals surface area contributed by atoms with E-state index in [9.17, 15) is 0 Å². The molecule has 3 heterocycles. The number of anilines is 1. The first-order chi connectivity index (χ1) is 8.34. The predicted octanol–water partition coefficient (Wildman–Crippen LogP) is 2.17. The highest BCUT2D eigenvalue weighted by atomic mass is 16.3. The minimum Gasteiger partial charge on any atom is -0.472 e. The summed E-state index contributed by atoms with van der Waals surface area (Å²) in [4.78, 5) is 8.63. The van der Waals surface area contributed by atoms with E-state index < -0.39 is 0 Å². The Morgan fingerprint density at radius 2 is 2.29 bits per heavy atom. The SMILES string of the molecule is Cn1cnc2c(NCc3ccoc3)nccc21. The van der Waals surface area contributed by atoms with Crippen LogP contribution in [0.1, 0.15) is 5.56 Å². The van der Waals surface area contributed by atoms with E-state index in [-0.39, 0.29) is 0 Å². The number of hydrogen-bond donors (Lipinski definition) is 1. The quantitative estimate of drug-likeness (QED) is 0.746. The summed E-state index contributed by atoms with van der Waals surface area (Å²) in [6.07, 6.45) is 6.94. The summed E-state index contributed by atoms with van der Waals surface area (Å²) >= 11 is 0. The first kappa shape index (κ1) is 9.89. The van der Waals surface area contributed by atoms with Crippen molar-refractivity contribution in [3.05, 3.63) is 42.7 Å². The minimum atomic E-state index is 0.680. The Bertz CT molecular complexity index is 627. The van der Waals surface area contributed by atoms with Gasteiger partial charge in [0.1, 0.15) is 5.52 Å². The van der Waals surface area contributed by atoms with Gasteiger partial charge in [-0.3, -0.25) is 0 Å². The molecule has 0 aliphatic rings. The summed E-state index contributed by atoms with van der Waals surface area (Å²) in [5, 5.41) is 3.26. The Morgan fingerprint density at radius 1 is 1.35 bits per heavy atom. The molecule has 0 fully saturated rings. The van der Waals surface area contributed by atoms with Crippen LogP contribution in [0.3, 0.4) is 0 Å². The lowest BCUT2D eigenvalue weighted by atomic mass is 10.3. The highest BCUT2D eigenvalue weighted by Crippen LogP contribution is 2.19. The molecule has 0 saturated carbocycles. The van der Waals surface area contributed by atoms with E-state index in [2.05, 4.69) is 15.3 Å². The minimum absolute atomic E-state index is 0.680. The fraction of sp³-hybridized carbons (Fsp3) is 0.167. The van der Waals surface area contributed by atoms with Gasteiger partial charge in [-0.15, -0.1) is 0 Å². The number of nitrogens with zero attached hydrogens (tertiary/aromatic N) is 3. The first-order valence-electron chi connectivity index (χ1n) is 5.35. The maximum absolute atomic E-state index is 5.01. The van der Waals surface area contributed by atoms with Gasteiger partial charge in [0.25, 0.3) is 0 Å². The Hall–Kier alpha value is -2.30. The zero-order valence-corrected chi connectivity index (χ0v) is 9.42. The molecule has 0 aliphatic heterocycles. The van der Waals surface area contributed by atoms with Gasteiger partial charge in [0, 0.05) is 25.4 Å². The lowest BCUT2D eigenvalue weighted by Gasteiger charge is -2.04. The van der Waals surface area contributed by atoms with Crippen molar-refractivity contribution in [1.82, 2.24) is 14.5 Å². The van der Waals surface area contributed by atoms with Gasteiger partial charge in [-0.1, -0.05) is 0 Å². The number of pyridine rings is 1. The monoisotopic (exact) mass is 228 g/mol. The van der Waals surface area contributed by atoms with Crippen LogP contribution in [0.2, 0.25) is 0 Å². The standard InChI is InChI=1S/C12H12N4O/c1-16-8-15-11-10(16)2-4-13-12(11)14-6-9-3-5-17-7-9/h2-5,7-8H,6H2,1H3,(H,13,14). The van der Waals surface area contributed by atoms with Crippen molar-refractivity contribution >= 4 is 16.9 Å². The zero-order valence-electron chi connectivity index (χ0n) is 9.42. The molecule has 0 aliphatic carbocycles. The Balaban J connectivity index is 1.90. The van der Waals surface area contributed by atoms with Gasteiger partial charge in [-0.2, -0.15) is 0 Å². The van der Waals surface area contributed by atoms with Crippen LogP contribution in [0, 0.1) is 0 Å². The van der Waals surface area contributed by atoms with Crippen molar-refractivity contribution in [1.29, 1.82) is 0 Å². The second kappa shape index (κ2) is 3.93. The highest BCUT2D eigenvalue weighted by Gasteiger charge is 2.06. The molecular formula is C12H12N4O. The number of aryl methyl sites for hydroxylation is 1. The van der Waals surface area contributed by atoms with Gasteiger partial charge in [-0.05, 0) is 12.1 Å². The zero-order chi connectivity index (χ0) is 11.7. The molecular weight excluding hydrogens is 216 g/mol. The van der Waals surface area contributed by atoms with Crippen molar-refractivity contribution in [2.24, 2.45) is 7.05 Å². The molecule has 0 bridgehead atoms. The van der Waals surface area contributed by atoms with Crippen LogP contribution in [-0.2, 0) is 13.6 Å². The summed E-state index contributed by atoms with van der Waals surface area (Å²) in [6, 6.07) is 3.87. The van der Waals surface area contributed by atoms with Gasteiger partial charge in [-0.25, -0.2) is 9.97 Å².